The number of Topliss-reactive ketones (excluding diaryl/α,β-unsaturated/α-hetero) is 1. The summed E-state index contributed by atoms with van der Waals surface area (Å²) in [6.07, 6.45) is 18.6. The summed E-state index contributed by atoms with van der Waals surface area (Å²) in [5.41, 5.74) is 3.65. The molecule has 0 heterocycles. The van der Waals surface area contributed by atoms with Gasteiger partial charge >= 0.3 is 0 Å². The van der Waals surface area contributed by atoms with Crippen molar-refractivity contribution in [1.29, 1.82) is 0 Å². The minimum Gasteiger partial charge on any atom is -0.295 e. The predicted molar refractivity (Wildman–Crippen MR) is 127 cm³/mol. The zero-order valence-corrected chi connectivity index (χ0v) is 20.7. The van der Waals surface area contributed by atoms with E-state index >= 15 is 0 Å². The Balaban J connectivity index is 1.60. The van der Waals surface area contributed by atoms with Crippen LogP contribution in [0.1, 0.15) is 125 Å². The first kappa shape index (κ1) is 22.6. The van der Waals surface area contributed by atoms with Gasteiger partial charge in [-0.05, 0) is 78.9 Å². The molecule has 2 unspecified atom stereocenters. The summed E-state index contributed by atoms with van der Waals surface area (Å²) in [5, 5.41) is 0. The molecule has 0 bridgehead atoms. The van der Waals surface area contributed by atoms with E-state index in [2.05, 4.69) is 34.6 Å². The van der Waals surface area contributed by atoms with E-state index in [0.29, 0.717) is 29.0 Å². The molecule has 0 radical (unpaired) electrons. The van der Waals surface area contributed by atoms with E-state index in [4.69, 9.17) is 0 Å². The molecule has 0 aromatic carbocycles. The molecule has 3 saturated carbocycles. The third kappa shape index (κ3) is 3.86. The maximum atomic E-state index is 13.5. The van der Waals surface area contributed by atoms with Gasteiger partial charge in [-0.1, -0.05) is 85.1 Å². The highest BCUT2D eigenvalue weighted by Gasteiger charge is 2.57. The van der Waals surface area contributed by atoms with Gasteiger partial charge in [-0.3, -0.25) is 4.79 Å². The number of rotatable bonds is 5. The van der Waals surface area contributed by atoms with Crippen LogP contribution in [0.2, 0.25) is 0 Å². The van der Waals surface area contributed by atoms with Crippen molar-refractivity contribution in [2.24, 2.45) is 40.4 Å². The summed E-state index contributed by atoms with van der Waals surface area (Å²) < 4.78 is 0. The highest BCUT2D eigenvalue weighted by molar-refractivity contribution is 6.00. The van der Waals surface area contributed by atoms with Crippen molar-refractivity contribution in [3.63, 3.8) is 0 Å². The predicted octanol–water partition coefficient (Wildman–Crippen LogP) is 8.52. The minimum atomic E-state index is 0.172. The molecule has 6 atom stereocenters. The number of hydrogen-bond donors (Lipinski definition) is 0. The molecule has 1 nitrogen and oxygen atoms in total. The highest BCUT2D eigenvalue weighted by Crippen LogP contribution is 2.64. The fourth-order valence-electron chi connectivity index (χ4n) is 8.63. The molecule has 4 rings (SSSR count). The van der Waals surface area contributed by atoms with Crippen LogP contribution < -0.4 is 0 Å². The van der Waals surface area contributed by atoms with Crippen molar-refractivity contribution in [1.82, 2.24) is 0 Å². The van der Waals surface area contributed by atoms with Gasteiger partial charge < -0.3 is 0 Å². The molecule has 0 aromatic rings. The maximum Gasteiger partial charge on any atom is 0.159 e. The zero-order chi connectivity index (χ0) is 21.5. The number of carbonyl (C=O) groups excluding carboxylic acids is 1. The van der Waals surface area contributed by atoms with Crippen molar-refractivity contribution in [3.8, 4) is 0 Å². The Morgan fingerprint density at radius 2 is 1.70 bits per heavy atom. The quantitative estimate of drug-likeness (QED) is 0.442. The average molecular weight is 413 g/mol. The Bertz CT molecular complexity index is 672. The average Bonchev–Trinajstić information content (AvgIpc) is 2.95. The van der Waals surface area contributed by atoms with Crippen molar-refractivity contribution < 1.29 is 4.79 Å². The summed E-state index contributed by atoms with van der Waals surface area (Å²) in [5.74, 6) is 4.22. The van der Waals surface area contributed by atoms with E-state index in [1.807, 2.05) is 0 Å². The van der Waals surface area contributed by atoms with Gasteiger partial charge in [-0.2, -0.15) is 0 Å². The van der Waals surface area contributed by atoms with E-state index in [-0.39, 0.29) is 5.41 Å². The van der Waals surface area contributed by atoms with Crippen molar-refractivity contribution in [2.45, 2.75) is 125 Å². The van der Waals surface area contributed by atoms with Crippen LogP contribution >= 0.6 is 0 Å². The van der Waals surface area contributed by atoms with Crippen LogP contribution in [0, 0.1) is 40.4 Å². The molecule has 1 heteroatoms. The normalized spacial score (nSPS) is 40.5. The molecule has 0 spiro atoms. The third-order valence-electron chi connectivity index (χ3n) is 10.4. The fraction of sp³-hybridized carbons (Fsp3) is 0.897. The lowest BCUT2D eigenvalue weighted by Crippen LogP contribution is -2.45. The van der Waals surface area contributed by atoms with Gasteiger partial charge in [0.15, 0.2) is 5.78 Å². The van der Waals surface area contributed by atoms with Gasteiger partial charge in [0.25, 0.3) is 0 Å². The van der Waals surface area contributed by atoms with Gasteiger partial charge in [0.05, 0.1) is 0 Å². The monoisotopic (exact) mass is 412 g/mol. The van der Waals surface area contributed by atoms with Gasteiger partial charge in [0.2, 0.25) is 0 Å². The van der Waals surface area contributed by atoms with Gasteiger partial charge in [0.1, 0.15) is 0 Å². The van der Waals surface area contributed by atoms with E-state index in [9.17, 15) is 4.79 Å². The molecular weight excluding hydrogens is 364 g/mol. The van der Waals surface area contributed by atoms with Crippen LogP contribution in [0.4, 0.5) is 0 Å². The number of hydrogen-bond acceptors (Lipinski definition) is 1. The van der Waals surface area contributed by atoms with Crippen LogP contribution in [-0.4, -0.2) is 5.78 Å². The van der Waals surface area contributed by atoms with Crippen LogP contribution in [-0.2, 0) is 4.79 Å². The van der Waals surface area contributed by atoms with Crippen molar-refractivity contribution in [2.75, 3.05) is 0 Å². The molecule has 0 N–H and O–H groups in total. The molecule has 4 aliphatic rings. The number of ketones is 1. The molecule has 0 aliphatic heterocycles. The number of allylic oxidation sites excluding steroid dienone is 2. The second-order valence-corrected chi connectivity index (χ2v) is 12.6. The summed E-state index contributed by atoms with van der Waals surface area (Å²) >= 11 is 0. The van der Waals surface area contributed by atoms with Gasteiger partial charge in [-0.15, -0.1) is 0 Å². The van der Waals surface area contributed by atoms with E-state index in [1.54, 1.807) is 5.57 Å². The second-order valence-electron chi connectivity index (χ2n) is 12.6. The molecule has 3 fully saturated rings. The van der Waals surface area contributed by atoms with Crippen LogP contribution in [0.15, 0.2) is 11.1 Å². The topological polar surface area (TPSA) is 17.1 Å². The Labute approximate surface area is 186 Å². The Hall–Kier alpha value is -0.590. The van der Waals surface area contributed by atoms with Gasteiger partial charge in [-0.25, -0.2) is 0 Å². The smallest absolute Gasteiger partial charge is 0.159 e. The maximum absolute atomic E-state index is 13.5. The molecular formula is C29H48O. The van der Waals surface area contributed by atoms with Crippen molar-refractivity contribution >= 4 is 5.78 Å². The largest absolute Gasteiger partial charge is 0.295 e. The number of carbonyl (C=O) groups is 1. The first-order valence-electron chi connectivity index (χ1n) is 13.5. The molecule has 170 valence electrons. The lowest BCUT2D eigenvalue weighted by Gasteiger charge is -2.55. The zero-order valence-electron chi connectivity index (χ0n) is 20.7. The summed E-state index contributed by atoms with van der Waals surface area (Å²) in [7, 11) is 0. The fourth-order valence-corrected chi connectivity index (χ4v) is 8.63. The Kier molecular flexibility index (Phi) is 6.59. The number of fused-ring (bicyclic) bond motifs is 4. The minimum absolute atomic E-state index is 0.172. The first-order valence-corrected chi connectivity index (χ1v) is 13.5. The standard InChI is InChI=1S/C29H48O/c1-20(2)11-10-12-21(3)25-19-26(30)27-23-15-14-22-13-8-6-7-9-17-28(22,4)24(23)16-18-29(25,27)5/h20-22,24-25H,6-19H2,1-5H3/t21?,22-,24?,25-,28+,29-/m1/s1. The first-order chi connectivity index (χ1) is 14.3. The molecule has 30 heavy (non-hydrogen) atoms. The van der Waals surface area contributed by atoms with Crippen LogP contribution in [0.3, 0.4) is 0 Å². The highest BCUT2D eigenvalue weighted by atomic mass is 16.1. The Morgan fingerprint density at radius 1 is 0.933 bits per heavy atom. The summed E-state index contributed by atoms with van der Waals surface area (Å²) in [6, 6.07) is 0. The van der Waals surface area contributed by atoms with Crippen LogP contribution in [0.5, 0.6) is 0 Å². The Morgan fingerprint density at radius 3 is 2.47 bits per heavy atom. The summed E-state index contributed by atoms with van der Waals surface area (Å²) in [4.78, 5) is 13.5. The van der Waals surface area contributed by atoms with Crippen LogP contribution in [0.25, 0.3) is 0 Å². The molecule has 0 saturated heterocycles. The second kappa shape index (κ2) is 8.74. The SMILES string of the molecule is CC(C)CCCC(C)[C@H]1CC(=O)C2=C3CC[C@H]4CCCCCC[C@]4(C)C3CC[C@@]21C. The third-order valence-corrected chi connectivity index (χ3v) is 10.4. The lowest BCUT2D eigenvalue weighted by molar-refractivity contribution is -0.115. The summed E-state index contributed by atoms with van der Waals surface area (Å²) in [6.45, 7) is 12.2. The lowest BCUT2D eigenvalue weighted by atomic mass is 9.50. The van der Waals surface area contributed by atoms with Crippen molar-refractivity contribution in [3.05, 3.63) is 11.1 Å². The van der Waals surface area contributed by atoms with E-state index in [1.165, 1.54) is 89.0 Å². The molecule has 0 aromatic heterocycles. The molecule has 0 amide bonds. The van der Waals surface area contributed by atoms with E-state index < -0.39 is 0 Å². The molecule has 4 aliphatic carbocycles. The van der Waals surface area contributed by atoms with E-state index in [0.717, 1.165) is 18.3 Å². The van der Waals surface area contributed by atoms with Gasteiger partial charge in [0, 0.05) is 12.0 Å².